The van der Waals surface area contributed by atoms with E-state index in [1.165, 1.54) is 23.5 Å². The lowest BCUT2D eigenvalue weighted by Gasteiger charge is -2.12. The number of halogens is 1. The summed E-state index contributed by atoms with van der Waals surface area (Å²) in [5.41, 5.74) is 0.715. The van der Waals surface area contributed by atoms with E-state index >= 15 is 0 Å². The van der Waals surface area contributed by atoms with Gasteiger partial charge >= 0.3 is 0 Å². The largest absolute Gasteiger partial charge is 0.387 e. The Morgan fingerprint density at radius 3 is 2.61 bits per heavy atom. The lowest BCUT2D eigenvalue weighted by molar-refractivity contribution is 0.184. The van der Waals surface area contributed by atoms with Gasteiger partial charge in [0.15, 0.2) is 0 Å². The van der Waals surface area contributed by atoms with Crippen molar-refractivity contribution in [3.63, 3.8) is 0 Å². The van der Waals surface area contributed by atoms with Crippen molar-refractivity contribution in [2.45, 2.75) is 11.0 Å². The maximum Gasteiger partial charge on any atom is 0.242 e. The standard InChI is InChI=1S/C16H14ClNO3S2/c17-13-6-2-4-8-16(13)23(20,21)18-9-14(19)12-10-22-15-7-3-1-5-11(12)15/h1-8,10,14,18-19H,9H2. The summed E-state index contributed by atoms with van der Waals surface area (Å²) >= 11 is 7.44. The van der Waals surface area contributed by atoms with E-state index in [0.717, 1.165) is 10.1 Å². The molecule has 0 radical (unpaired) electrons. The van der Waals surface area contributed by atoms with Crippen LogP contribution in [0.25, 0.3) is 10.1 Å². The Hall–Kier alpha value is -1.44. The summed E-state index contributed by atoms with van der Waals surface area (Å²) in [6, 6.07) is 13.9. The van der Waals surface area contributed by atoms with Crippen molar-refractivity contribution in [1.29, 1.82) is 0 Å². The van der Waals surface area contributed by atoms with Crippen LogP contribution < -0.4 is 4.72 Å². The molecule has 23 heavy (non-hydrogen) atoms. The predicted molar refractivity (Wildman–Crippen MR) is 93.4 cm³/mol. The SMILES string of the molecule is O=S(=O)(NCC(O)c1csc2ccccc12)c1ccccc1Cl. The Labute approximate surface area is 143 Å². The van der Waals surface area contributed by atoms with E-state index in [2.05, 4.69) is 4.72 Å². The molecule has 0 aliphatic heterocycles. The Kier molecular flexibility index (Phi) is 4.70. The Balaban J connectivity index is 1.79. The molecule has 0 saturated heterocycles. The van der Waals surface area contributed by atoms with E-state index in [1.54, 1.807) is 12.1 Å². The van der Waals surface area contributed by atoms with Gasteiger partial charge in [-0.2, -0.15) is 0 Å². The first-order valence-corrected chi connectivity index (χ1v) is 9.61. The van der Waals surface area contributed by atoms with Crippen molar-refractivity contribution in [3.05, 3.63) is 64.5 Å². The van der Waals surface area contributed by atoms with Crippen molar-refractivity contribution in [2.24, 2.45) is 0 Å². The number of rotatable bonds is 5. The molecule has 0 saturated carbocycles. The van der Waals surface area contributed by atoms with Gasteiger partial charge in [0.05, 0.1) is 11.1 Å². The molecule has 3 rings (SSSR count). The third-order valence-electron chi connectivity index (χ3n) is 3.46. The normalized spacial score (nSPS) is 13.3. The summed E-state index contributed by atoms with van der Waals surface area (Å²) in [6.07, 6.45) is -0.927. The van der Waals surface area contributed by atoms with Crippen molar-refractivity contribution >= 4 is 43.0 Å². The minimum atomic E-state index is -3.77. The fourth-order valence-electron chi connectivity index (χ4n) is 2.30. The van der Waals surface area contributed by atoms with E-state index in [0.29, 0.717) is 5.56 Å². The molecule has 1 atom stereocenters. The summed E-state index contributed by atoms with van der Waals surface area (Å²) in [6.45, 7) is -0.117. The van der Waals surface area contributed by atoms with Crippen LogP contribution in [0.5, 0.6) is 0 Å². The molecule has 0 spiro atoms. The molecule has 3 aromatic rings. The first-order chi connectivity index (χ1) is 11.0. The minimum Gasteiger partial charge on any atom is -0.387 e. The molecule has 120 valence electrons. The average molecular weight is 368 g/mol. The van der Waals surface area contributed by atoms with Crippen LogP contribution in [-0.2, 0) is 10.0 Å². The zero-order valence-corrected chi connectivity index (χ0v) is 14.3. The van der Waals surface area contributed by atoms with Crippen LogP contribution in [0.1, 0.15) is 11.7 Å². The van der Waals surface area contributed by atoms with Gasteiger partial charge in [0.1, 0.15) is 4.90 Å². The Bertz CT molecular complexity index is 937. The number of nitrogens with one attached hydrogen (secondary N) is 1. The predicted octanol–water partition coefficient (Wildman–Crippen LogP) is 3.57. The first-order valence-electron chi connectivity index (χ1n) is 6.87. The third kappa shape index (κ3) is 3.41. The quantitative estimate of drug-likeness (QED) is 0.724. The molecule has 4 nitrogen and oxygen atoms in total. The number of fused-ring (bicyclic) bond motifs is 1. The van der Waals surface area contributed by atoms with Crippen LogP contribution in [0, 0.1) is 0 Å². The molecule has 7 heteroatoms. The Morgan fingerprint density at radius 2 is 1.83 bits per heavy atom. The van der Waals surface area contributed by atoms with Gasteiger partial charge in [0.2, 0.25) is 10.0 Å². The highest BCUT2D eigenvalue weighted by Crippen LogP contribution is 2.30. The van der Waals surface area contributed by atoms with Crippen molar-refractivity contribution in [3.8, 4) is 0 Å². The van der Waals surface area contributed by atoms with Gasteiger partial charge in [-0.1, -0.05) is 41.9 Å². The minimum absolute atomic E-state index is 0.00374. The van der Waals surface area contributed by atoms with Crippen LogP contribution >= 0.6 is 22.9 Å². The lowest BCUT2D eigenvalue weighted by atomic mass is 10.1. The monoisotopic (exact) mass is 367 g/mol. The zero-order chi connectivity index (χ0) is 16.4. The molecular weight excluding hydrogens is 354 g/mol. The second kappa shape index (κ2) is 6.59. The second-order valence-electron chi connectivity index (χ2n) is 4.99. The molecular formula is C16H14ClNO3S2. The number of sulfonamides is 1. The van der Waals surface area contributed by atoms with Crippen LogP contribution in [0.15, 0.2) is 58.8 Å². The van der Waals surface area contributed by atoms with Gasteiger partial charge < -0.3 is 5.11 Å². The van der Waals surface area contributed by atoms with Gasteiger partial charge in [0.25, 0.3) is 0 Å². The fraction of sp³-hybridized carbons (Fsp3) is 0.125. The molecule has 0 fully saturated rings. The molecule has 1 heterocycles. The number of hydrogen-bond acceptors (Lipinski definition) is 4. The highest BCUT2D eigenvalue weighted by molar-refractivity contribution is 7.89. The smallest absolute Gasteiger partial charge is 0.242 e. The maximum absolute atomic E-state index is 12.3. The molecule has 2 aromatic carbocycles. The second-order valence-corrected chi connectivity index (χ2v) is 8.04. The van der Waals surface area contributed by atoms with Gasteiger partial charge in [-0.15, -0.1) is 11.3 Å². The lowest BCUT2D eigenvalue weighted by Crippen LogP contribution is -2.28. The van der Waals surface area contributed by atoms with E-state index in [4.69, 9.17) is 11.6 Å². The fourth-order valence-corrected chi connectivity index (χ4v) is 4.86. The summed E-state index contributed by atoms with van der Waals surface area (Å²) in [7, 11) is -3.77. The maximum atomic E-state index is 12.3. The van der Waals surface area contributed by atoms with Gasteiger partial charge in [-0.25, -0.2) is 13.1 Å². The first kappa shape index (κ1) is 16.4. The topological polar surface area (TPSA) is 66.4 Å². The van der Waals surface area contributed by atoms with Gasteiger partial charge in [0, 0.05) is 16.8 Å². The van der Waals surface area contributed by atoms with E-state index in [1.807, 2.05) is 29.6 Å². The summed E-state index contributed by atoms with van der Waals surface area (Å²) in [5.74, 6) is 0. The summed E-state index contributed by atoms with van der Waals surface area (Å²) in [5, 5.41) is 13.3. The van der Waals surface area contributed by atoms with Crippen molar-refractivity contribution < 1.29 is 13.5 Å². The van der Waals surface area contributed by atoms with Gasteiger partial charge in [-0.3, -0.25) is 0 Å². The molecule has 0 aliphatic rings. The third-order valence-corrected chi connectivity index (χ3v) is 6.37. The van der Waals surface area contributed by atoms with E-state index < -0.39 is 16.1 Å². The summed E-state index contributed by atoms with van der Waals surface area (Å²) in [4.78, 5) is 0.00374. The van der Waals surface area contributed by atoms with Crippen LogP contribution in [-0.4, -0.2) is 20.1 Å². The molecule has 2 N–H and O–H groups in total. The van der Waals surface area contributed by atoms with Gasteiger partial charge in [-0.05, 0) is 29.0 Å². The van der Waals surface area contributed by atoms with E-state index in [-0.39, 0.29) is 16.5 Å². The number of aliphatic hydroxyl groups is 1. The van der Waals surface area contributed by atoms with E-state index in [9.17, 15) is 13.5 Å². The zero-order valence-electron chi connectivity index (χ0n) is 11.9. The van der Waals surface area contributed by atoms with Crippen molar-refractivity contribution in [1.82, 2.24) is 4.72 Å². The number of thiophene rings is 1. The molecule has 0 amide bonds. The Morgan fingerprint density at radius 1 is 1.13 bits per heavy atom. The summed E-state index contributed by atoms with van der Waals surface area (Å²) < 4.78 is 28.0. The van der Waals surface area contributed by atoms with Crippen molar-refractivity contribution in [2.75, 3.05) is 6.54 Å². The highest BCUT2D eigenvalue weighted by Gasteiger charge is 2.20. The molecule has 1 unspecified atom stereocenters. The average Bonchev–Trinajstić information content (AvgIpc) is 2.97. The number of benzene rings is 2. The molecule has 0 bridgehead atoms. The van der Waals surface area contributed by atoms with Crippen LogP contribution in [0.2, 0.25) is 5.02 Å². The molecule has 0 aliphatic carbocycles. The molecule has 1 aromatic heterocycles. The number of aliphatic hydroxyl groups excluding tert-OH is 1. The highest BCUT2D eigenvalue weighted by atomic mass is 35.5. The van der Waals surface area contributed by atoms with Crippen LogP contribution in [0.4, 0.5) is 0 Å². The number of hydrogen-bond donors (Lipinski definition) is 2. The van der Waals surface area contributed by atoms with Crippen LogP contribution in [0.3, 0.4) is 0 Å².